The number of hydrogen-bond donors (Lipinski definition) is 0. The van der Waals surface area contributed by atoms with E-state index in [1.807, 2.05) is 13.8 Å². The number of ether oxygens (including phenoxy) is 2. The van der Waals surface area contributed by atoms with Gasteiger partial charge >= 0.3 is 41.5 Å². The topological polar surface area (TPSA) is 110 Å². The average molecular weight is 473 g/mol. The quantitative estimate of drug-likeness (QED) is 0.239. The van der Waals surface area contributed by atoms with Crippen LogP contribution in [0, 0.1) is 22.7 Å². The fraction of sp³-hybridized carbons (Fsp3) is 0.909. The first-order valence-corrected chi connectivity index (χ1v) is 12.1. The normalized spacial score (nSPS) is 15.4. The number of carbonyl (C=O) groups excluding carboxylic acids is 2. The predicted molar refractivity (Wildman–Crippen MR) is 116 cm³/mol. The molecule has 0 aliphatic rings. The summed E-state index contributed by atoms with van der Waals surface area (Å²) in [7, 11) is -5.03. The Hall–Kier alpha value is -0.150. The van der Waals surface area contributed by atoms with Crippen molar-refractivity contribution in [2.24, 2.45) is 22.7 Å². The Kier molecular flexibility index (Phi) is 15.1. The smallest absolute Gasteiger partial charge is 0.747 e. The van der Waals surface area contributed by atoms with Crippen molar-refractivity contribution in [2.75, 3.05) is 13.2 Å². The van der Waals surface area contributed by atoms with Gasteiger partial charge in [0.25, 0.3) is 0 Å². The molecule has 0 aromatic rings. The summed E-state index contributed by atoms with van der Waals surface area (Å²) in [6, 6.07) is 0. The Morgan fingerprint density at radius 3 is 1.58 bits per heavy atom. The van der Waals surface area contributed by atoms with Gasteiger partial charge in [0.1, 0.15) is 10.1 Å². The van der Waals surface area contributed by atoms with Crippen LogP contribution in [-0.4, -0.2) is 43.4 Å². The Bertz CT molecular complexity index is 648. The van der Waals surface area contributed by atoms with E-state index in [2.05, 4.69) is 41.5 Å². The molecular weight excluding hydrogens is 431 g/mol. The van der Waals surface area contributed by atoms with Gasteiger partial charge in [-0.2, -0.15) is 0 Å². The summed E-state index contributed by atoms with van der Waals surface area (Å²) in [6.07, 6.45) is 2.20. The van der Waals surface area contributed by atoms with Crippen molar-refractivity contribution in [3.63, 3.8) is 0 Å². The summed E-state index contributed by atoms with van der Waals surface area (Å²) >= 11 is 0. The van der Waals surface area contributed by atoms with Crippen LogP contribution < -0.4 is 29.6 Å². The summed E-state index contributed by atoms with van der Waals surface area (Å²) in [6.45, 7) is 16.8. The molecule has 0 amide bonds. The molecule has 9 heteroatoms. The second kappa shape index (κ2) is 14.2. The van der Waals surface area contributed by atoms with Crippen molar-refractivity contribution in [3.8, 4) is 0 Å². The van der Waals surface area contributed by atoms with Crippen molar-refractivity contribution in [3.05, 3.63) is 0 Å². The van der Waals surface area contributed by atoms with E-state index in [9.17, 15) is 22.6 Å². The minimum absolute atomic E-state index is 0. The summed E-state index contributed by atoms with van der Waals surface area (Å²) in [5.41, 5.74) is 0.276. The van der Waals surface area contributed by atoms with E-state index in [4.69, 9.17) is 9.47 Å². The van der Waals surface area contributed by atoms with Gasteiger partial charge in [-0.25, -0.2) is 8.42 Å². The summed E-state index contributed by atoms with van der Waals surface area (Å²) < 4.78 is 44.4. The summed E-state index contributed by atoms with van der Waals surface area (Å²) in [5.74, 6) is -1.50. The zero-order valence-corrected chi connectivity index (χ0v) is 23.8. The van der Waals surface area contributed by atoms with Crippen molar-refractivity contribution in [1.29, 1.82) is 0 Å². The van der Waals surface area contributed by atoms with Crippen LogP contribution in [0.4, 0.5) is 0 Å². The molecule has 3 unspecified atom stereocenters. The molecule has 31 heavy (non-hydrogen) atoms. The Morgan fingerprint density at radius 1 is 0.839 bits per heavy atom. The molecule has 0 saturated carbocycles. The van der Waals surface area contributed by atoms with E-state index < -0.39 is 33.7 Å². The van der Waals surface area contributed by atoms with Gasteiger partial charge in [0.05, 0.1) is 19.6 Å². The van der Waals surface area contributed by atoms with E-state index in [0.717, 1.165) is 12.8 Å². The number of hydrogen-bond acceptors (Lipinski definition) is 7. The minimum Gasteiger partial charge on any atom is -0.747 e. The van der Waals surface area contributed by atoms with E-state index >= 15 is 0 Å². The van der Waals surface area contributed by atoms with Crippen LogP contribution in [0.15, 0.2) is 0 Å². The van der Waals surface area contributed by atoms with Crippen molar-refractivity contribution >= 4 is 22.1 Å². The first kappa shape index (κ1) is 33.0. The van der Waals surface area contributed by atoms with E-state index in [1.165, 1.54) is 0 Å². The number of carbonyl (C=O) groups is 2. The molecule has 0 aliphatic heterocycles. The molecule has 0 heterocycles. The van der Waals surface area contributed by atoms with Crippen molar-refractivity contribution < 1.29 is 61.6 Å². The third-order valence-electron chi connectivity index (χ3n) is 4.61. The molecule has 0 bridgehead atoms. The monoisotopic (exact) mass is 472 g/mol. The Labute approximate surface area is 211 Å². The van der Waals surface area contributed by atoms with Gasteiger partial charge < -0.3 is 14.0 Å². The van der Waals surface area contributed by atoms with Gasteiger partial charge in [-0.1, -0.05) is 55.4 Å². The van der Waals surface area contributed by atoms with Crippen LogP contribution in [0.1, 0.15) is 87.5 Å². The third-order valence-corrected chi connectivity index (χ3v) is 5.67. The second-order valence-corrected chi connectivity index (χ2v) is 12.4. The summed E-state index contributed by atoms with van der Waals surface area (Å²) in [4.78, 5) is 24.1. The van der Waals surface area contributed by atoms with Gasteiger partial charge in [0.15, 0.2) is 5.25 Å². The fourth-order valence-corrected chi connectivity index (χ4v) is 4.28. The standard InChI is InChI=1S/C22H42O7S.Na/c1-16(14-21(3,4)5)9-11-28-19(23)13-18(30(25,26)27)20(24)29-12-10-17(2)15-22(6,7)8;/h16-18H,9-15H2,1-8H3,(H,25,26,27);/q;+1/p-1. The van der Waals surface area contributed by atoms with Gasteiger partial charge in [-0.05, 0) is 48.3 Å². The molecule has 0 fully saturated rings. The first-order chi connectivity index (χ1) is 13.4. The summed E-state index contributed by atoms with van der Waals surface area (Å²) in [5, 5.41) is -2.07. The molecular formula is C22H41NaO7S. The van der Waals surface area contributed by atoms with E-state index in [0.29, 0.717) is 18.8 Å². The third kappa shape index (κ3) is 18.0. The molecule has 0 saturated heterocycles. The Balaban J connectivity index is 0. The molecule has 0 aliphatic carbocycles. The second-order valence-electron chi connectivity index (χ2n) is 10.9. The minimum atomic E-state index is -5.03. The maximum atomic E-state index is 12.1. The van der Waals surface area contributed by atoms with Gasteiger partial charge in [-0.3, -0.25) is 9.59 Å². The van der Waals surface area contributed by atoms with Crippen molar-refractivity contribution in [2.45, 2.75) is 92.7 Å². The maximum absolute atomic E-state index is 12.1. The fourth-order valence-electron chi connectivity index (χ4n) is 3.64. The zero-order valence-electron chi connectivity index (χ0n) is 20.9. The molecule has 0 N–H and O–H groups in total. The zero-order chi connectivity index (χ0) is 23.8. The molecule has 0 spiro atoms. The molecule has 7 nitrogen and oxygen atoms in total. The molecule has 0 rings (SSSR count). The average Bonchev–Trinajstić information content (AvgIpc) is 2.47. The van der Waals surface area contributed by atoms with Crippen molar-refractivity contribution in [1.82, 2.24) is 0 Å². The maximum Gasteiger partial charge on any atom is 1.00 e. The molecule has 0 radical (unpaired) electrons. The van der Waals surface area contributed by atoms with E-state index in [-0.39, 0.29) is 59.5 Å². The SMILES string of the molecule is CC(CCOC(=O)CC(C(=O)OCCC(C)CC(C)(C)C)S(=O)(=O)[O-])CC(C)(C)C.[Na+]. The Morgan fingerprint density at radius 2 is 1.23 bits per heavy atom. The van der Waals surface area contributed by atoms with Gasteiger partial charge in [-0.15, -0.1) is 0 Å². The van der Waals surface area contributed by atoms with E-state index in [1.54, 1.807) is 0 Å². The number of rotatable bonds is 12. The molecule has 0 aromatic carbocycles. The van der Waals surface area contributed by atoms with Crippen LogP contribution in [-0.2, 0) is 29.2 Å². The van der Waals surface area contributed by atoms with Crippen LogP contribution >= 0.6 is 0 Å². The molecule has 178 valence electrons. The predicted octanol–water partition coefficient (Wildman–Crippen LogP) is 1.31. The molecule has 3 atom stereocenters. The largest absolute Gasteiger partial charge is 1.00 e. The van der Waals surface area contributed by atoms with Crippen LogP contribution in [0.25, 0.3) is 0 Å². The number of esters is 2. The molecule has 0 aromatic heterocycles. The van der Waals surface area contributed by atoms with Gasteiger partial charge in [0, 0.05) is 0 Å². The van der Waals surface area contributed by atoms with Crippen LogP contribution in [0.5, 0.6) is 0 Å². The van der Waals surface area contributed by atoms with Crippen LogP contribution in [0.3, 0.4) is 0 Å². The van der Waals surface area contributed by atoms with Gasteiger partial charge in [0.2, 0.25) is 0 Å². The van der Waals surface area contributed by atoms with Crippen LogP contribution in [0.2, 0.25) is 0 Å². The first-order valence-electron chi connectivity index (χ1n) is 10.7.